The number of hydrogen-bond donors (Lipinski definition) is 2. The summed E-state index contributed by atoms with van der Waals surface area (Å²) < 4.78 is 30.1. The van der Waals surface area contributed by atoms with Crippen LogP contribution >= 0.6 is 15.9 Å². The molecular formula is C10H15BrN2O4S2. The van der Waals surface area contributed by atoms with E-state index in [1.54, 1.807) is 12.3 Å². The van der Waals surface area contributed by atoms with Gasteiger partial charge in [-0.2, -0.15) is 4.21 Å². The van der Waals surface area contributed by atoms with Crippen molar-refractivity contribution in [1.82, 2.24) is 10.3 Å². The Morgan fingerprint density at radius 2 is 2.21 bits per heavy atom. The Morgan fingerprint density at radius 1 is 1.42 bits per heavy atom. The van der Waals surface area contributed by atoms with Gasteiger partial charge in [-0.3, -0.25) is 8.74 Å². The second-order valence-corrected chi connectivity index (χ2v) is 6.79. The molecule has 0 amide bonds. The molecule has 0 fully saturated rings. The molecule has 0 aliphatic rings. The number of nitrogens with zero attached hydrogens (tertiary/aromatic N) is 1. The van der Waals surface area contributed by atoms with Crippen molar-refractivity contribution in [3.63, 3.8) is 0 Å². The Balaban J connectivity index is 1.98. The highest BCUT2D eigenvalue weighted by atomic mass is 79.9. The minimum absolute atomic E-state index is 0.105. The fourth-order valence-corrected chi connectivity index (χ4v) is 1.90. The normalized spacial score (nSPS) is 14.0. The maximum atomic E-state index is 10.6. The number of nitrogens with one attached hydrogen (secondary N) is 1. The van der Waals surface area contributed by atoms with E-state index in [4.69, 9.17) is 9.29 Å². The third-order valence-electron chi connectivity index (χ3n) is 1.96. The highest BCUT2D eigenvalue weighted by Crippen LogP contribution is 2.12. The Labute approximate surface area is 125 Å². The summed E-state index contributed by atoms with van der Waals surface area (Å²) in [6, 6.07) is 3.64. The van der Waals surface area contributed by atoms with Crippen LogP contribution in [0.1, 0.15) is 6.42 Å². The van der Waals surface area contributed by atoms with Crippen LogP contribution in [0, 0.1) is 0 Å². The van der Waals surface area contributed by atoms with Crippen molar-refractivity contribution in [2.45, 2.75) is 6.42 Å². The van der Waals surface area contributed by atoms with Crippen LogP contribution in [0.25, 0.3) is 0 Å². The average molecular weight is 371 g/mol. The van der Waals surface area contributed by atoms with Gasteiger partial charge in [0.1, 0.15) is 0 Å². The zero-order valence-electron chi connectivity index (χ0n) is 10.1. The zero-order chi connectivity index (χ0) is 14.1. The van der Waals surface area contributed by atoms with Gasteiger partial charge < -0.3 is 10.1 Å². The van der Waals surface area contributed by atoms with Crippen molar-refractivity contribution < 1.29 is 17.7 Å². The number of hydrogen-bond acceptors (Lipinski definition) is 6. The molecule has 1 heterocycles. The molecule has 0 saturated carbocycles. The quantitative estimate of drug-likeness (QED) is 0.635. The van der Waals surface area contributed by atoms with Crippen LogP contribution in [-0.2, 0) is 24.4 Å². The van der Waals surface area contributed by atoms with Crippen LogP contribution < -0.4 is 10.1 Å². The predicted octanol–water partition coefficient (Wildman–Crippen LogP) is 1.35. The van der Waals surface area contributed by atoms with Crippen molar-refractivity contribution >= 4 is 36.2 Å². The maximum absolute atomic E-state index is 10.6. The molecule has 0 radical (unpaired) electrons. The van der Waals surface area contributed by atoms with E-state index < -0.39 is 9.05 Å². The fraction of sp³-hybridized carbons (Fsp3) is 0.500. The van der Waals surface area contributed by atoms with E-state index in [0.717, 1.165) is 10.9 Å². The lowest BCUT2D eigenvalue weighted by Gasteiger charge is -2.06. The number of aromatic nitrogens is 1. The molecule has 0 saturated heterocycles. The van der Waals surface area contributed by atoms with E-state index in [-0.39, 0.29) is 6.61 Å². The van der Waals surface area contributed by atoms with E-state index in [2.05, 4.69) is 41.6 Å². The zero-order valence-corrected chi connectivity index (χ0v) is 13.3. The second-order valence-electron chi connectivity index (χ2n) is 3.52. The summed E-state index contributed by atoms with van der Waals surface area (Å²) in [5.74, 6) is 0.581. The Kier molecular flexibility index (Phi) is 7.73. The summed E-state index contributed by atoms with van der Waals surface area (Å²) in [6.07, 6.45) is 2.46. The predicted molar refractivity (Wildman–Crippen MR) is 79.0 cm³/mol. The summed E-state index contributed by atoms with van der Waals surface area (Å²) >= 11 is 7.46. The second kappa shape index (κ2) is 8.77. The number of pyridine rings is 1. The lowest BCUT2D eigenvalue weighted by Crippen LogP contribution is -2.23. The largest absolute Gasteiger partial charge is 0.478 e. The number of halogens is 1. The molecule has 0 bridgehead atoms. The van der Waals surface area contributed by atoms with Crippen molar-refractivity contribution in [1.29, 1.82) is 0 Å². The smallest absolute Gasteiger partial charge is 0.266 e. The van der Waals surface area contributed by atoms with Gasteiger partial charge in [-0.1, -0.05) is 0 Å². The molecule has 1 rings (SSSR count). The van der Waals surface area contributed by atoms with Crippen molar-refractivity contribution in [3.8, 4) is 5.88 Å². The van der Waals surface area contributed by atoms with Gasteiger partial charge in [-0.25, -0.2) is 4.98 Å². The first kappa shape index (κ1) is 16.7. The molecule has 0 aliphatic heterocycles. The van der Waals surface area contributed by atoms with Crippen LogP contribution in [-0.4, -0.2) is 40.0 Å². The van der Waals surface area contributed by atoms with E-state index >= 15 is 0 Å². The monoisotopic (exact) mass is 370 g/mol. The third-order valence-corrected chi connectivity index (χ3v) is 3.18. The molecule has 6 nitrogen and oxygen atoms in total. The summed E-state index contributed by atoms with van der Waals surface area (Å²) in [4.78, 5) is 4.07. The average Bonchev–Trinajstić information content (AvgIpc) is 2.33. The standard InChI is InChI=1S/C10H15BrN2O4S2/c11-9-2-3-10(13-8-9)16-6-1-4-12-5-7-17-19(14,15)18/h2-3,8,12H,1,4-7H2,(H,14,15,18). The molecule has 1 aromatic heterocycles. The number of rotatable bonds is 9. The van der Waals surface area contributed by atoms with Gasteiger partial charge in [-0.05, 0) is 35.0 Å². The molecule has 0 aromatic carbocycles. The maximum Gasteiger partial charge on any atom is 0.266 e. The van der Waals surface area contributed by atoms with Crippen LogP contribution in [0.15, 0.2) is 22.8 Å². The number of ether oxygens (including phenoxy) is 1. The van der Waals surface area contributed by atoms with Crippen molar-refractivity contribution in [2.75, 3.05) is 26.3 Å². The molecule has 2 N–H and O–H groups in total. The Hall–Kier alpha value is -0.320. The van der Waals surface area contributed by atoms with Gasteiger partial charge in [0.15, 0.2) is 0 Å². The molecule has 1 atom stereocenters. The first-order valence-electron chi connectivity index (χ1n) is 5.54. The highest BCUT2D eigenvalue weighted by molar-refractivity contribution is 9.10. The molecule has 108 valence electrons. The minimum atomic E-state index is -3.50. The molecule has 9 heteroatoms. The van der Waals surface area contributed by atoms with Gasteiger partial charge in [0.25, 0.3) is 9.05 Å². The van der Waals surface area contributed by atoms with Gasteiger partial charge in [-0.15, -0.1) is 0 Å². The van der Waals surface area contributed by atoms with Gasteiger partial charge in [0, 0.05) is 34.5 Å². The van der Waals surface area contributed by atoms with E-state index in [0.29, 0.717) is 25.6 Å². The SMILES string of the molecule is O=S(O)(=S)OCCNCCCOc1ccc(Br)cn1. The molecule has 1 aromatic rings. The van der Waals surface area contributed by atoms with Crippen LogP contribution in [0.3, 0.4) is 0 Å². The van der Waals surface area contributed by atoms with E-state index in [1.807, 2.05) is 6.07 Å². The van der Waals surface area contributed by atoms with E-state index in [9.17, 15) is 4.21 Å². The molecule has 19 heavy (non-hydrogen) atoms. The van der Waals surface area contributed by atoms with Crippen LogP contribution in [0.4, 0.5) is 0 Å². The molecule has 0 aliphatic carbocycles. The Morgan fingerprint density at radius 3 is 2.84 bits per heavy atom. The van der Waals surface area contributed by atoms with Gasteiger partial charge >= 0.3 is 0 Å². The van der Waals surface area contributed by atoms with Gasteiger partial charge in [0.2, 0.25) is 5.88 Å². The third kappa shape index (κ3) is 9.25. The lowest BCUT2D eigenvalue weighted by molar-refractivity contribution is 0.284. The lowest BCUT2D eigenvalue weighted by atomic mass is 10.4. The summed E-state index contributed by atoms with van der Waals surface area (Å²) in [5.41, 5.74) is 0. The Bertz CT molecular complexity index is 467. The topological polar surface area (TPSA) is 80.7 Å². The summed E-state index contributed by atoms with van der Waals surface area (Å²) in [6.45, 7) is 1.82. The van der Waals surface area contributed by atoms with E-state index in [1.165, 1.54) is 0 Å². The van der Waals surface area contributed by atoms with Crippen LogP contribution in [0.5, 0.6) is 5.88 Å². The minimum Gasteiger partial charge on any atom is -0.478 e. The molecule has 1 unspecified atom stereocenters. The van der Waals surface area contributed by atoms with Crippen molar-refractivity contribution in [2.24, 2.45) is 0 Å². The first-order valence-corrected chi connectivity index (χ1v) is 8.70. The highest BCUT2D eigenvalue weighted by Gasteiger charge is 1.98. The van der Waals surface area contributed by atoms with Gasteiger partial charge in [0.05, 0.1) is 13.2 Å². The first-order chi connectivity index (χ1) is 8.97. The molecular weight excluding hydrogens is 356 g/mol. The van der Waals surface area contributed by atoms with Crippen molar-refractivity contribution in [3.05, 3.63) is 22.8 Å². The summed E-state index contributed by atoms with van der Waals surface area (Å²) in [7, 11) is -3.50. The summed E-state index contributed by atoms with van der Waals surface area (Å²) in [5, 5.41) is 3.04. The van der Waals surface area contributed by atoms with Crippen LogP contribution in [0.2, 0.25) is 0 Å². The molecule has 0 spiro atoms. The fourth-order valence-electron chi connectivity index (χ4n) is 1.17.